The zero-order valence-corrected chi connectivity index (χ0v) is 22.8. The molecule has 0 bridgehead atoms. The highest BCUT2D eigenvalue weighted by Gasteiger charge is 2.29. The molecule has 1 aromatic heterocycles. The third-order valence-electron chi connectivity index (χ3n) is 7.42. The van der Waals surface area contributed by atoms with E-state index in [9.17, 15) is 17.6 Å². The topological polar surface area (TPSA) is 12.9 Å². The lowest BCUT2D eigenvalue weighted by Gasteiger charge is -2.10. The predicted molar refractivity (Wildman–Crippen MR) is 164 cm³/mol. The highest BCUT2D eigenvalue weighted by Crippen LogP contribution is 2.34. The van der Waals surface area contributed by atoms with Gasteiger partial charge in [0.05, 0.1) is 15.8 Å². The molecule has 0 spiro atoms. The molecule has 0 aliphatic carbocycles. The standard InChI is InChI=1S/C36H21F4NS/c37-32-17-18-33-34(21-32)42-35(41-33)26-7-5-25(6-8-26)28-10-12-29-19-27(9-11-30(29)20-28)24-3-1-22(2-4-24)23-13-15-31(16-14-23)36(38,39)40/h1-21H. The second-order valence-electron chi connectivity index (χ2n) is 10.1. The van der Waals surface area contributed by atoms with E-state index < -0.39 is 11.7 Å². The third-order valence-corrected chi connectivity index (χ3v) is 8.49. The number of hydrogen-bond acceptors (Lipinski definition) is 2. The molecule has 0 saturated carbocycles. The fraction of sp³-hybridized carbons (Fsp3) is 0.0278. The molecular formula is C36H21F4NS. The molecule has 0 amide bonds. The SMILES string of the molecule is Fc1ccc2nc(-c3ccc(-c4ccc5cc(-c6ccc(-c7ccc(C(F)(F)F)cc7)cc6)ccc5c4)cc3)sc2c1. The summed E-state index contributed by atoms with van der Waals surface area (Å²) in [5.74, 6) is -0.258. The molecule has 0 fully saturated rings. The van der Waals surface area contributed by atoms with Crippen LogP contribution in [0.1, 0.15) is 5.56 Å². The van der Waals surface area contributed by atoms with Crippen LogP contribution in [0.3, 0.4) is 0 Å². The van der Waals surface area contributed by atoms with E-state index in [0.29, 0.717) is 0 Å². The first-order valence-electron chi connectivity index (χ1n) is 13.3. The molecule has 0 N–H and O–H groups in total. The molecule has 204 valence electrons. The number of nitrogens with zero attached hydrogens (tertiary/aromatic N) is 1. The van der Waals surface area contributed by atoms with Crippen LogP contribution in [0.15, 0.2) is 127 Å². The lowest BCUT2D eigenvalue weighted by molar-refractivity contribution is -0.137. The van der Waals surface area contributed by atoms with E-state index in [4.69, 9.17) is 0 Å². The van der Waals surface area contributed by atoms with Crippen LogP contribution >= 0.6 is 11.3 Å². The molecule has 0 saturated heterocycles. The second kappa shape index (κ2) is 10.2. The van der Waals surface area contributed by atoms with Gasteiger partial charge in [-0.25, -0.2) is 9.37 Å². The molecule has 0 atom stereocenters. The average molecular weight is 576 g/mol. The van der Waals surface area contributed by atoms with Crippen LogP contribution in [-0.4, -0.2) is 4.98 Å². The van der Waals surface area contributed by atoms with Crippen LogP contribution in [-0.2, 0) is 6.18 Å². The van der Waals surface area contributed by atoms with Gasteiger partial charge in [-0.05, 0) is 86.6 Å². The van der Waals surface area contributed by atoms with E-state index in [1.807, 2.05) is 36.4 Å². The lowest BCUT2D eigenvalue weighted by Crippen LogP contribution is -2.03. The first kappa shape index (κ1) is 26.1. The molecule has 1 nitrogen and oxygen atoms in total. The minimum absolute atomic E-state index is 0.258. The van der Waals surface area contributed by atoms with Gasteiger partial charge < -0.3 is 0 Å². The van der Waals surface area contributed by atoms with Gasteiger partial charge >= 0.3 is 6.18 Å². The van der Waals surface area contributed by atoms with E-state index in [0.717, 1.165) is 77.1 Å². The number of alkyl halides is 3. The molecule has 7 aromatic rings. The molecule has 42 heavy (non-hydrogen) atoms. The van der Waals surface area contributed by atoms with Crippen molar-refractivity contribution in [1.29, 1.82) is 0 Å². The Hall–Kier alpha value is -4.81. The van der Waals surface area contributed by atoms with Crippen LogP contribution in [0, 0.1) is 5.82 Å². The minimum Gasteiger partial charge on any atom is -0.236 e. The van der Waals surface area contributed by atoms with E-state index in [-0.39, 0.29) is 5.82 Å². The summed E-state index contributed by atoms with van der Waals surface area (Å²) < 4.78 is 53.1. The van der Waals surface area contributed by atoms with Gasteiger partial charge in [0.25, 0.3) is 0 Å². The van der Waals surface area contributed by atoms with Crippen molar-refractivity contribution in [3.05, 3.63) is 139 Å². The maximum Gasteiger partial charge on any atom is 0.416 e. The van der Waals surface area contributed by atoms with Gasteiger partial charge in [-0.3, -0.25) is 0 Å². The number of fused-ring (bicyclic) bond motifs is 2. The smallest absolute Gasteiger partial charge is 0.236 e. The van der Waals surface area contributed by atoms with Gasteiger partial charge in [0, 0.05) is 5.56 Å². The number of halogens is 4. The molecule has 1 heterocycles. The Balaban J connectivity index is 1.11. The van der Waals surface area contributed by atoms with Crippen molar-refractivity contribution in [1.82, 2.24) is 4.98 Å². The fourth-order valence-electron chi connectivity index (χ4n) is 5.14. The van der Waals surface area contributed by atoms with Gasteiger partial charge in [-0.15, -0.1) is 11.3 Å². The van der Waals surface area contributed by atoms with Gasteiger partial charge in [-0.1, -0.05) is 84.9 Å². The van der Waals surface area contributed by atoms with Crippen molar-refractivity contribution in [3.8, 4) is 44.0 Å². The van der Waals surface area contributed by atoms with Crippen molar-refractivity contribution >= 4 is 32.3 Å². The van der Waals surface area contributed by atoms with Crippen molar-refractivity contribution in [3.63, 3.8) is 0 Å². The number of rotatable bonds is 4. The summed E-state index contributed by atoms with van der Waals surface area (Å²) in [7, 11) is 0. The van der Waals surface area contributed by atoms with Crippen LogP contribution in [0.4, 0.5) is 17.6 Å². The van der Waals surface area contributed by atoms with Gasteiger partial charge in [0.2, 0.25) is 0 Å². The summed E-state index contributed by atoms with van der Waals surface area (Å²) >= 11 is 1.48. The van der Waals surface area contributed by atoms with Gasteiger partial charge in [-0.2, -0.15) is 13.2 Å². The molecule has 0 aliphatic rings. The number of aromatic nitrogens is 1. The first-order valence-corrected chi connectivity index (χ1v) is 14.1. The van der Waals surface area contributed by atoms with Crippen LogP contribution in [0.5, 0.6) is 0 Å². The summed E-state index contributed by atoms with van der Waals surface area (Å²) in [6.07, 6.45) is -4.34. The van der Waals surface area contributed by atoms with Gasteiger partial charge in [0.15, 0.2) is 0 Å². The zero-order chi connectivity index (χ0) is 28.8. The summed E-state index contributed by atoms with van der Waals surface area (Å²) in [4.78, 5) is 4.65. The Labute approximate surface area is 243 Å². The van der Waals surface area contributed by atoms with E-state index in [2.05, 4.69) is 53.5 Å². The molecule has 0 aliphatic heterocycles. The molecule has 0 unspecified atom stereocenters. The third kappa shape index (κ3) is 5.06. The van der Waals surface area contributed by atoms with Crippen LogP contribution < -0.4 is 0 Å². The number of hydrogen-bond donors (Lipinski definition) is 0. The Bertz CT molecular complexity index is 2060. The van der Waals surface area contributed by atoms with E-state index in [1.165, 1.54) is 35.6 Å². The maximum atomic E-state index is 13.6. The number of benzene rings is 6. The molecule has 0 radical (unpaired) electrons. The monoisotopic (exact) mass is 575 g/mol. The van der Waals surface area contributed by atoms with Crippen molar-refractivity contribution in [2.45, 2.75) is 6.18 Å². The summed E-state index contributed by atoms with van der Waals surface area (Å²) in [5, 5.41) is 3.09. The van der Waals surface area contributed by atoms with Crippen LogP contribution in [0.25, 0.3) is 64.9 Å². The second-order valence-corrected chi connectivity index (χ2v) is 11.2. The Morgan fingerprint density at radius 1 is 0.476 bits per heavy atom. The average Bonchev–Trinajstić information content (AvgIpc) is 3.44. The molecule has 6 heteroatoms. The van der Waals surface area contributed by atoms with Crippen molar-refractivity contribution < 1.29 is 17.6 Å². The highest BCUT2D eigenvalue weighted by molar-refractivity contribution is 7.21. The minimum atomic E-state index is -4.34. The first-order chi connectivity index (χ1) is 20.3. The molecule has 7 rings (SSSR count). The quantitative estimate of drug-likeness (QED) is 0.190. The van der Waals surface area contributed by atoms with Crippen molar-refractivity contribution in [2.24, 2.45) is 0 Å². The van der Waals surface area contributed by atoms with Gasteiger partial charge in [0.1, 0.15) is 10.8 Å². The number of thiazole rings is 1. The predicted octanol–water partition coefficient (Wildman–Crippen LogP) is 11.3. The van der Waals surface area contributed by atoms with Crippen LogP contribution in [0.2, 0.25) is 0 Å². The summed E-state index contributed by atoms with van der Waals surface area (Å²) in [6, 6.07) is 38.7. The summed E-state index contributed by atoms with van der Waals surface area (Å²) in [5.41, 5.74) is 7.04. The van der Waals surface area contributed by atoms with E-state index >= 15 is 0 Å². The normalized spacial score (nSPS) is 11.8. The molecular weight excluding hydrogens is 554 g/mol. The Kier molecular flexibility index (Phi) is 6.36. The lowest BCUT2D eigenvalue weighted by atomic mass is 9.96. The zero-order valence-electron chi connectivity index (χ0n) is 22.0. The van der Waals surface area contributed by atoms with E-state index in [1.54, 1.807) is 6.07 Å². The van der Waals surface area contributed by atoms with Crippen molar-refractivity contribution in [2.75, 3.05) is 0 Å². The Morgan fingerprint density at radius 2 is 0.929 bits per heavy atom. The largest absolute Gasteiger partial charge is 0.416 e. The Morgan fingerprint density at radius 3 is 1.45 bits per heavy atom. The maximum absolute atomic E-state index is 13.6. The highest BCUT2D eigenvalue weighted by atomic mass is 32.1. The fourth-order valence-corrected chi connectivity index (χ4v) is 6.13. The molecule has 6 aromatic carbocycles. The summed E-state index contributed by atoms with van der Waals surface area (Å²) in [6.45, 7) is 0.